The molecular weight excluding hydrogens is 396 g/mol. The Morgan fingerprint density at radius 3 is 2.41 bits per heavy atom. The third-order valence-electron chi connectivity index (χ3n) is 5.25. The Morgan fingerprint density at radius 1 is 1.14 bits per heavy atom. The zero-order valence-corrected chi connectivity index (χ0v) is 17.9. The number of rotatable bonds is 9. The molecule has 0 spiro atoms. The van der Waals surface area contributed by atoms with Gasteiger partial charge in [-0.15, -0.1) is 0 Å². The molecule has 1 N–H and O–H groups in total. The topological polar surface area (TPSA) is 79.3 Å². The molecule has 1 aromatic rings. The second-order valence-electron chi connectivity index (χ2n) is 7.38. The monoisotopic (exact) mass is 426 g/mol. The maximum atomic E-state index is 12.3. The van der Waals surface area contributed by atoms with Crippen LogP contribution in [0.2, 0.25) is 5.02 Å². The molecular formula is C21H31ClN2O5. The number of hydrogen-bond donors (Lipinski definition) is 1. The molecule has 0 unspecified atom stereocenters. The molecule has 1 aliphatic carbocycles. The average Bonchev–Trinajstić information content (AvgIpc) is 2.73. The number of benzene rings is 1. The van der Waals surface area contributed by atoms with Crippen molar-refractivity contribution in [1.29, 1.82) is 0 Å². The third-order valence-corrected chi connectivity index (χ3v) is 5.50. The molecule has 1 fully saturated rings. The van der Waals surface area contributed by atoms with Crippen LogP contribution in [0.3, 0.4) is 0 Å². The van der Waals surface area contributed by atoms with Crippen molar-refractivity contribution in [3.63, 3.8) is 0 Å². The highest BCUT2D eigenvalue weighted by Crippen LogP contribution is 2.25. The number of amides is 2. The molecule has 7 nitrogen and oxygen atoms in total. The summed E-state index contributed by atoms with van der Waals surface area (Å²) in [6, 6.07) is 6.81. The Balaban J connectivity index is 1.66. The number of aliphatic hydroxyl groups excluding tert-OH is 1. The Hall–Kier alpha value is -1.83. The summed E-state index contributed by atoms with van der Waals surface area (Å²) in [6.07, 6.45) is 4.02. The summed E-state index contributed by atoms with van der Waals surface area (Å²) in [6.45, 7) is 1.03. The van der Waals surface area contributed by atoms with Gasteiger partial charge in [0.2, 0.25) is 5.91 Å². The van der Waals surface area contributed by atoms with E-state index in [-0.39, 0.29) is 30.8 Å². The lowest BCUT2D eigenvalue weighted by atomic mass is 9.92. The van der Waals surface area contributed by atoms with Crippen molar-refractivity contribution >= 4 is 23.6 Å². The number of aliphatic hydroxyl groups is 1. The van der Waals surface area contributed by atoms with Gasteiger partial charge in [-0.25, -0.2) is 4.79 Å². The van der Waals surface area contributed by atoms with Crippen molar-refractivity contribution in [2.24, 2.45) is 0 Å². The van der Waals surface area contributed by atoms with Gasteiger partial charge in [0.05, 0.1) is 19.1 Å². The van der Waals surface area contributed by atoms with E-state index < -0.39 is 0 Å². The van der Waals surface area contributed by atoms with Crippen molar-refractivity contribution in [2.45, 2.75) is 50.7 Å². The van der Waals surface area contributed by atoms with Gasteiger partial charge < -0.3 is 24.4 Å². The molecule has 2 amide bonds. The first kappa shape index (κ1) is 23.4. The smallest absolute Gasteiger partial charge is 0.410 e. The first-order valence-corrected chi connectivity index (χ1v) is 10.4. The average molecular weight is 427 g/mol. The molecule has 0 radical (unpaired) electrons. The van der Waals surface area contributed by atoms with E-state index in [4.69, 9.17) is 26.2 Å². The Bertz CT molecular complexity index is 647. The Labute approximate surface area is 177 Å². The van der Waals surface area contributed by atoms with Crippen LogP contribution in [0.4, 0.5) is 4.79 Å². The van der Waals surface area contributed by atoms with E-state index >= 15 is 0 Å². The summed E-state index contributed by atoms with van der Waals surface area (Å²) in [5.41, 5.74) is 0. The first-order chi connectivity index (χ1) is 13.9. The lowest BCUT2D eigenvalue weighted by molar-refractivity contribution is -0.131. The first-order valence-electron chi connectivity index (χ1n) is 10.1. The van der Waals surface area contributed by atoms with Gasteiger partial charge in [-0.3, -0.25) is 4.79 Å². The highest BCUT2D eigenvalue weighted by Gasteiger charge is 2.28. The standard InChI is InChI=1S/C21H31ClN2O5/c1-23(13-3-14-25)20(26)12-15-28-18-10-6-17(7-11-18)24(2)21(27)29-19-8-4-16(22)5-9-19/h4-5,8-9,17-18,25H,3,6-7,10-15H2,1-2H3. The van der Waals surface area contributed by atoms with Crippen LogP contribution in [0, 0.1) is 0 Å². The van der Waals surface area contributed by atoms with Gasteiger partial charge in [-0.2, -0.15) is 0 Å². The van der Waals surface area contributed by atoms with Crippen molar-refractivity contribution in [2.75, 3.05) is 33.9 Å². The summed E-state index contributed by atoms with van der Waals surface area (Å²) in [4.78, 5) is 27.6. The lowest BCUT2D eigenvalue weighted by Gasteiger charge is -2.34. The second-order valence-corrected chi connectivity index (χ2v) is 7.81. The van der Waals surface area contributed by atoms with Crippen LogP contribution in [-0.4, -0.2) is 72.9 Å². The van der Waals surface area contributed by atoms with Crippen molar-refractivity contribution in [3.8, 4) is 5.75 Å². The van der Waals surface area contributed by atoms with Crippen molar-refractivity contribution in [1.82, 2.24) is 9.80 Å². The molecule has 0 aliphatic heterocycles. The van der Waals surface area contributed by atoms with E-state index in [2.05, 4.69) is 0 Å². The van der Waals surface area contributed by atoms with Crippen LogP contribution in [-0.2, 0) is 9.53 Å². The number of hydrogen-bond acceptors (Lipinski definition) is 5. The fraction of sp³-hybridized carbons (Fsp3) is 0.619. The summed E-state index contributed by atoms with van der Waals surface area (Å²) in [5, 5.41) is 9.41. The minimum absolute atomic E-state index is 0.0248. The van der Waals surface area contributed by atoms with Crippen LogP contribution < -0.4 is 4.74 Å². The van der Waals surface area contributed by atoms with E-state index in [0.29, 0.717) is 36.8 Å². The van der Waals surface area contributed by atoms with Gasteiger partial charge in [0.25, 0.3) is 0 Å². The molecule has 0 atom stereocenters. The fourth-order valence-corrected chi connectivity index (χ4v) is 3.49. The molecule has 8 heteroatoms. The number of ether oxygens (including phenoxy) is 2. The molecule has 1 aromatic carbocycles. The molecule has 0 heterocycles. The lowest BCUT2D eigenvalue weighted by Crippen LogP contribution is -2.42. The number of halogens is 1. The molecule has 162 valence electrons. The van der Waals surface area contributed by atoms with Crippen LogP contribution in [0.1, 0.15) is 38.5 Å². The van der Waals surface area contributed by atoms with Gasteiger partial charge in [0.1, 0.15) is 5.75 Å². The van der Waals surface area contributed by atoms with Crippen LogP contribution in [0.5, 0.6) is 5.75 Å². The highest BCUT2D eigenvalue weighted by atomic mass is 35.5. The van der Waals surface area contributed by atoms with Crippen LogP contribution in [0.15, 0.2) is 24.3 Å². The van der Waals surface area contributed by atoms with E-state index in [9.17, 15) is 9.59 Å². The fourth-order valence-electron chi connectivity index (χ4n) is 3.36. The minimum atomic E-state index is -0.381. The molecule has 0 saturated heterocycles. The van der Waals surface area contributed by atoms with Crippen LogP contribution >= 0.6 is 11.6 Å². The van der Waals surface area contributed by atoms with Gasteiger partial charge in [0, 0.05) is 38.3 Å². The molecule has 29 heavy (non-hydrogen) atoms. The van der Waals surface area contributed by atoms with Gasteiger partial charge in [0.15, 0.2) is 0 Å². The Kier molecular flexibility index (Phi) is 9.70. The van der Waals surface area contributed by atoms with E-state index in [1.807, 2.05) is 0 Å². The zero-order valence-electron chi connectivity index (χ0n) is 17.2. The summed E-state index contributed by atoms with van der Waals surface area (Å²) < 4.78 is 11.3. The van der Waals surface area contributed by atoms with E-state index in [0.717, 1.165) is 25.7 Å². The van der Waals surface area contributed by atoms with Gasteiger partial charge in [-0.05, 0) is 56.4 Å². The number of carbonyl (C=O) groups excluding carboxylic acids is 2. The largest absolute Gasteiger partial charge is 0.415 e. The zero-order chi connectivity index (χ0) is 21.2. The molecule has 1 aliphatic rings. The summed E-state index contributed by atoms with van der Waals surface area (Å²) >= 11 is 5.84. The molecule has 1 saturated carbocycles. The SMILES string of the molecule is CN(CCCO)C(=O)CCOC1CCC(N(C)C(=O)Oc2ccc(Cl)cc2)CC1. The predicted molar refractivity (Wildman–Crippen MR) is 111 cm³/mol. The highest BCUT2D eigenvalue weighted by molar-refractivity contribution is 6.30. The minimum Gasteiger partial charge on any atom is -0.410 e. The maximum Gasteiger partial charge on any atom is 0.415 e. The van der Waals surface area contributed by atoms with E-state index in [1.54, 1.807) is 48.2 Å². The normalized spacial score (nSPS) is 18.9. The third kappa shape index (κ3) is 7.84. The number of nitrogens with zero attached hydrogens (tertiary/aromatic N) is 2. The molecule has 0 aromatic heterocycles. The molecule has 0 bridgehead atoms. The maximum absolute atomic E-state index is 12.3. The van der Waals surface area contributed by atoms with Gasteiger partial charge in [-0.1, -0.05) is 11.6 Å². The van der Waals surface area contributed by atoms with Crippen molar-refractivity contribution < 1.29 is 24.2 Å². The summed E-state index contributed by atoms with van der Waals surface area (Å²) in [7, 11) is 3.49. The molecule has 2 rings (SSSR count). The quantitative estimate of drug-likeness (QED) is 0.655. The summed E-state index contributed by atoms with van der Waals surface area (Å²) in [5.74, 6) is 0.494. The van der Waals surface area contributed by atoms with Gasteiger partial charge >= 0.3 is 6.09 Å². The van der Waals surface area contributed by atoms with Crippen molar-refractivity contribution in [3.05, 3.63) is 29.3 Å². The van der Waals surface area contributed by atoms with E-state index in [1.165, 1.54) is 0 Å². The number of carbonyl (C=O) groups is 2. The second kappa shape index (κ2) is 12.0. The van der Waals surface area contributed by atoms with Crippen LogP contribution in [0.25, 0.3) is 0 Å². The predicted octanol–water partition coefficient (Wildman–Crippen LogP) is 3.33. The Morgan fingerprint density at radius 2 is 1.79 bits per heavy atom.